The smallest absolute Gasteiger partial charge is 0.291 e. The molecule has 0 aliphatic carbocycles. The fourth-order valence-corrected chi connectivity index (χ4v) is 2.68. The van der Waals surface area contributed by atoms with E-state index in [1.54, 1.807) is 18.2 Å². The molecule has 0 radical (unpaired) electrons. The first-order chi connectivity index (χ1) is 10.7. The quantitative estimate of drug-likeness (QED) is 0.864. The number of hydrogen-bond donors (Lipinski definition) is 0. The van der Waals surface area contributed by atoms with Crippen LogP contribution >= 0.6 is 11.6 Å². The molecule has 0 saturated carbocycles. The lowest BCUT2D eigenvalue weighted by atomic mass is 9.97. The van der Waals surface area contributed by atoms with Gasteiger partial charge in [0.25, 0.3) is 5.91 Å². The third kappa shape index (κ3) is 2.93. The number of nitrogens with zero attached hydrogens (tertiary/aromatic N) is 4. The van der Waals surface area contributed by atoms with Crippen molar-refractivity contribution in [3.63, 3.8) is 0 Å². The van der Waals surface area contributed by atoms with Crippen molar-refractivity contribution in [3.05, 3.63) is 52.3 Å². The van der Waals surface area contributed by atoms with Crippen LogP contribution in [0.5, 0.6) is 0 Å². The zero-order chi connectivity index (χ0) is 15.5. The van der Waals surface area contributed by atoms with Gasteiger partial charge in [0.2, 0.25) is 5.82 Å². The normalized spacial score (nSPS) is 13.8. The summed E-state index contributed by atoms with van der Waals surface area (Å²) in [7, 11) is 1.66. The predicted octanol–water partition coefficient (Wildman–Crippen LogP) is 1.87. The van der Waals surface area contributed by atoms with E-state index in [9.17, 15) is 4.79 Å². The number of halogens is 1. The van der Waals surface area contributed by atoms with Crippen molar-refractivity contribution in [2.45, 2.75) is 19.6 Å². The first kappa shape index (κ1) is 14.9. The number of hydrogen-bond acceptors (Lipinski definition) is 5. The van der Waals surface area contributed by atoms with Gasteiger partial charge < -0.3 is 9.64 Å². The lowest BCUT2D eigenvalue weighted by Crippen LogP contribution is -2.37. The number of fused-ring (bicyclic) bond motifs is 1. The molecule has 2 aromatic rings. The standard InChI is InChI=1S/C15H15ClN4O2/c1-22-9-11-5-17-4-10-8-20(3-2-13(10)11)15(21)14-18-6-12(16)7-19-14/h4-7H,2-3,8-9H2,1H3. The van der Waals surface area contributed by atoms with Crippen LogP contribution in [0, 0.1) is 0 Å². The Labute approximate surface area is 133 Å². The van der Waals surface area contributed by atoms with Gasteiger partial charge in [-0.15, -0.1) is 0 Å². The molecule has 22 heavy (non-hydrogen) atoms. The second kappa shape index (κ2) is 6.37. The van der Waals surface area contributed by atoms with Gasteiger partial charge in [0.1, 0.15) is 0 Å². The molecule has 3 heterocycles. The second-order valence-corrected chi connectivity index (χ2v) is 5.51. The number of amides is 1. The Bertz CT molecular complexity index is 690. The summed E-state index contributed by atoms with van der Waals surface area (Å²) in [4.78, 5) is 26.4. The minimum absolute atomic E-state index is 0.161. The highest BCUT2D eigenvalue weighted by Crippen LogP contribution is 2.23. The van der Waals surface area contributed by atoms with Crippen LogP contribution in [0.4, 0.5) is 0 Å². The van der Waals surface area contributed by atoms with Gasteiger partial charge >= 0.3 is 0 Å². The number of aromatic nitrogens is 3. The summed E-state index contributed by atoms with van der Waals surface area (Å²) in [5, 5.41) is 0.411. The van der Waals surface area contributed by atoms with Gasteiger partial charge in [0, 0.05) is 45.0 Å². The zero-order valence-electron chi connectivity index (χ0n) is 12.1. The fourth-order valence-electron chi connectivity index (χ4n) is 2.59. The first-order valence-electron chi connectivity index (χ1n) is 6.89. The van der Waals surface area contributed by atoms with E-state index in [4.69, 9.17) is 16.3 Å². The van der Waals surface area contributed by atoms with Gasteiger partial charge in [-0.3, -0.25) is 9.78 Å². The Hall–Kier alpha value is -2.05. The third-order valence-electron chi connectivity index (χ3n) is 3.63. The summed E-state index contributed by atoms with van der Waals surface area (Å²) < 4.78 is 5.20. The van der Waals surface area contributed by atoms with Gasteiger partial charge in [-0.2, -0.15) is 0 Å². The minimum Gasteiger partial charge on any atom is -0.380 e. The lowest BCUT2D eigenvalue weighted by Gasteiger charge is -2.29. The number of carbonyl (C=O) groups is 1. The van der Waals surface area contributed by atoms with Crippen LogP contribution < -0.4 is 0 Å². The van der Waals surface area contributed by atoms with Crippen LogP contribution in [0.3, 0.4) is 0 Å². The Morgan fingerprint density at radius 2 is 2.09 bits per heavy atom. The molecular weight excluding hydrogens is 304 g/mol. The van der Waals surface area contributed by atoms with Gasteiger partial charge in [-0.05, 0) is 23.1 Å². The molecule has 6 nitrogen and oxygen atoms in total. The Balaban J connectivity index is 1.81. The van der Waals surface area contributed by atoms with E-state index < -0.39 is 0 Å². The molecule has 0 fully saturated rings. The Morgan fingerprint density at radius 3 is 2.82 bits per heavy atom. The summed E-state index contributed by atoms with van der Waals surface area (Å²) in [5.41, 5.74) is 3.34. The zero-order valence-corrected chi connectivity index (χ0v) is 12.9. The monoisotopic (exact) mass is 318 g/mol. The molecular formula is C15H15ClN4O2. The molecule has 0 spiro atoms. The van der Waals surface area contributed by atoms with Crippen molar-refractivity contribution in [1.29, 1.82) is 0 Å². The van der Waals surface area contributed by atoms with Crippen molar-refractivity contribution in [2.24, 2.45) is 0 Å². The third-order valence-corrected chi connectivity index (χ3v) is 3.82. The topological polar surface area (TPSA) is 68.2 Å². The number of methoxy groups -OCH3 is 1. The van der Waals surface area contributed by atoms with Gasteiger partial charge in [-0.25, -0.2) is 9.97 Å². The molecule has 0 saturated heterocycles. The van der Waals surface area contributed by atoms with E-state index in [2.05, 4.69) is 15.0 Å². The SMILES string of the molecule is COCc1cncc2c1CCN(C(=O)c1ncc(Cl)cn1)C2. The summed E-state index contributed by atoms with van der Waals surface area (Å²) >= 11 is 5.75. The number of rotatable bonds is 3. The highest BCUT2D eigenvalue weighted by Gasteiger charge is 2.25. The maximum absolute atomic E-state index is 12.4. The molecule has 2 aromatic heterocycles. The maximum Gasteiger partial charge on any atom is 0.291 e. The van der Waals surface area contributed by atoms with E-state index in [0.717, 1.165) is 17.5 Å². The van der Waals surface area contributed by atoms with Crippen LogP contribution in [0.2, 0.25) is 5.02 Å². The van der Waals surface area contributed by atoms with Crippen LogP contribution in [-0.4, -0.2) is 39.4 Å². The highest BCUT2D eigenvalue weighted by atomic mass is 35.5. The average Bonchev–Trinajstić information content (AvgIpc) is 2.55. The van der Waals surface area contributed by atoms with Gasteiger partial charge in [0.15, 0.2) is 0 Å². The second-order valence-electron chi connectivity index (χ2n) is 5.07. The minimum atomic E-state index is -0.195. The van der Waals surface area contributed by atoms with Crippen molar-refractivity contribution >= 4 is 17.5 Å². The van der Waals surface area contributed by atoms with Crippen LogP contribution in [0.1, 0.15) is 27.3 Å². The largest absolute Gasteiger partial charge is 0.380 e. The molecule has 3 rings (SSSR count). The highest BCUT2D eigenvalue weighted by molar-refractivity contribution is 6.30. The number of pyridine rings is 1. The van der Waals surface area contributed by atoms with E-state index in [1.165, 1.54) is 18.0 Å². The van der Waals surface area contributed by atoms with Crippen LogP contribution in [-0.2, 0) is 24.3 Å². The van der Waals surface area contributed by atoms with Crippen molar-refractivity contribution in [1.82, 2.24) is 19.9 Å². The van der Waals surface area contributed by atoms with E-state index in [1.807, 2.05) is 6.20 Å². The van der Waals surface area contributed by atoms with Crippen LogP contribution in [0.25, 0.3) is 0 Å². The fraction of sp³-hybridized carbons (Fsp3) is 0.333. The summed E-state index contributed by atoms with van der Waals surface area (Å²) in [6.07, 6.45) is 7.25. The molecule has 0 aromatic carbocycles. The summed E-state index contributed by atoms with van der Waals surface area (Å²) in [5.74, 6) is -0.0340. The van der Waals surface area contributed by atoms with E-state index in [0.29, 0.717) is 24.7 Å². The molecule has 1 amide bonds. The maximum atomic E-state index is 12.4. The van der Waals surface area contributed by atoms with E-state index in [-0.39, 0.29) is 11.7 Å². The molecule has 1 aliphatic rings. The average molecular weight is 319 g/mol. The van der Waals surface area contributed by atoms with Crippen molar-refractivity contribution < 1.29 is 9.53 Å². The molecule has 1 aliphatic heterocycles. The molecule has 0 atom stereocenters. The Kier molecular flexibility index (Phi) is 4.31. The first-order valence-corrected chi connectivity index (χ1v) is 7.27. The Morgan fingerprint density at radius 1 is 1.32 bits per heavy atom. The van der Waals surface area contributed by atoms with Crippen molar-refractivity contribution in [3.8, 4) is 0 Å². The van der Waals surface area contributed by atoms with Gasteiger partial charge in [-0.1, -0.05) is 11.6 Å². The molecule has 0 N–H and O–H groups in total. The number of carbonyl (C=O) groups excluding carboxylic acids is 1. The molecule has 0 unspecified atom stereocenters. The molecule has 7 heteroatoms. The summed E-state index contributed by atoms with van der Waals surface area (Å²) in [6, 6.07) is 0. The number of ether oxygens (including phenoxy) is 1. The van der Waals surface area contributed by atoms with Crippen molar-refractivity contribution in [2.75, 3.05) is 13.7 Å². The predicted molar refractivity (Wildman–Crippen MR) is 80.4 cm³/mol. The molecule has 0 bridgehead atoms. The van der Waals surface area contributed by atoms with E-state index >= 15 is 0 Å². The lowest BCUT2D eigenvalue weighted by molar-refractivity contribution is 0.0721. The molecule has 114 valence electrons. The van der Waals surface area contributed by atoms with Gasteiger partial charge in [0.05, 0.1) is 11.6 Å². The summed E-state index contributed by atoms with van der Waals surface area (Å²) in [6.45, 7) is 1.66. The van der Waals surface area contributed by atoms with Crippen LogP contribution in [0.15, 0.2) is 24.8 Å².